The van der Waals surface area contributed by atoms with Crippen molar-refractivity contribution in [3.05, 3.63) is 29.8 Å². The molecule has 3 N–H and O–H groups in total. The fraction of sp³-hybridized carbons (Fsp3) is 0.680. The molecule has 1 unspecified atom stereocenters. The molecular formula is C25H43N5O2. The third-order valence-electron chi connectivity index (χ3n) is 5.44. The van der Waals surface area contributed by atoms with Crippen molar-refractivity contribution in [2.45, 2.75) is 72.4 Å². The van der Waals surface area contributed by atoms with E-state index in [0.717, 1.165) is 44.2 Å². The summed E-state index contributed by atoms with van der Waals surface area (Å²) < 4.78 is 5.29. The van der Waals surface area contributed by atoms with Crippen LogP contribution in [0.4, 0.5) is 10.5 Å². The van der Waals surface area contributed by atoms with E-state index in [4.69, 9.17) is 9.73 Å². The van der Waals surface area contributed by atoms with Gasteiger partial charge in [-0.05, 0) is 91.0 Å². The number of carbonyl (C=O) groups excluding carboxylic acids is 1. The summed E-state index contributed by atoms with van der Waals surface area (Å²) in [6.07, 6.45) is 2.96. The normalized spacial score (nSPS) is 17.8. The zero-order valence-electron chi connectivity index (χ0n) is 20.8. The Morgan fingerprint density at radius 2 is 1.94 bits per heavy atom. The Hall–Kier alpha value is -2.28. The van der Waals surface area contributed by atoms with Crippen LogP contribution in [-0.4, -0.2) is 61.3 Å². The first-order valence-corrected chi connectivity index (χ1v) is 12.0. The summed E-state index contributed by atoms with van der Waals surface area (Å²) in [7, 11) is 0. The summed E-state index contributed by atoms with van der Waals surface area (Å²) >= 11 is 0. The van der Waals surface area contributed by atoms with Gasteiger partial charge in [0.05, 0.1) is 0 Å². The number of piperidine rings is 1. The first-order chi connectivity index (χ1) is 15.2. The number of carbonyl (C=O) groups is 1. The van der Waals surface area contributed by atoms with Crippen molar-refractivity contribution in [1.29, 1.82) is 0 Å². The number of hydrogen-bond acceptors (Lipinski definition) is 4. The molecule has 1 amide bonds. The van der Waals surface area contributed by atoms with E-state index in [-0.39, 0.29) is 0 Å². The van der Waals surface area contributed by atoms with Crippen LogP contribution in [0.5, 0.6) is 0 Å². The number of ether oxygens (including phenoxy) is 1. The van der Waals surface area contributed by atoms with Crippen LogP contribution in [0.3, 0.4) is 0 Å². The Kier molecular flexibility index (Phi) is 10.3. The van der Waals surface area contributed by atoms with Crippen molar-refractivity contribution in [3.63, 3.8) is 0 Å². The van der Waals surface area contributed by atoms with Crippen LogP contribution in [0.25, 0.3) is 0 Å². The zero-order chi connectivity index (χ0) is 23.6. The van der Waals surface area contributed by atoms with Gasteiger partial charge in [0, 0.05) is 37.9 Å². The standard InChI is InChI=1S/C25H43N5O2/c1-7-26-23(28-17-21-9-8-16-30(18-21)19(2)3)27-15-14-20-10-12-22(13-11-20)29-24(31)32-25(4,5)6/h10-13,19,21H,7-9,14-18H2,1-6H3,(H,29,31)(H2,26,27,28). The van der Waals surface area contributed by atoms with Crippen LogP contribution in [0.2, 0.25) is 0 Å². The van der Waals surface area contributed by atoms with Crippen LogP contribution < -0.4 is 16.0 Å². The molecule has 0 radical (unpaired) electrons. The zero-order valence-corrected chi connectivity index (χ0v) is 20.8. The topological polar surface area (TPSA) is 78.0 Å². The first kappa shape index (κ1) is 26.0. The Morgan fingerprint density at radius 3 is 2.56 bits per heavy atom. The fourth-order valence-corrected chi connectivity index (χ4v) is 3.78. The van der Waals surface area contributed by atoms with Crippen LogP contribution in [-0.2, 0) is 11.2 Å². The number of benzene rings is 1. The monoisotopic (exact) mass is 445 g/mol. The van der Waals surface area contributed by atoms with Gasteiger partial charge >= 0.3 is 6.09 Å². The van der Waals surface area contributed by atoms with E-state index in [1.54, 1.807) is 0 Å². The van der Waals surface area contributed by atoms with Gasteiger partial charge in [-0.15, -0.1) is 0 Å². The number of rotatable bonds is 8. The number of aliphatic imine (C=N–C) groups is 1. The highest BCUT2D eigenvalue weighted by Gasteiger charge is 2.21. The van der Waals surface area contributed by atoms with Gasteiger partial charge in [-0.3, -0.25) is 10.3 Å². The largest absolute Gasteiger partial charge is 0.444 e. The molecule has 7 heteroatoms. The van der Waals surface area contributed by atoms with E-state index in [1.807, 2.05) is 45.0 Å². The van der Waals surface area contributed by atoms with Crippen molar-refractivity contribution >= 4 is 17.7 Å². The van der Waals surface area contributed by atoms with Gasteiger partial charge < -0.3 is 20.3 Å². The molecular weight excluding hydrogens is 402 g/mol. The van der Waals surface area contributed by atoms with E-state index < -0.39 is 11.7 Å². The summed E-state index contributed by atoms with van der Waals surface area (Å²) in [5.41, 5.74) is 1.42. The smallest absolute Gasteiger partial charge is 0.412 e. The van der Waals surface area contributed by atoms with E-state index in [2.05, 4.69) is 41.6 Å². The third-order valence-corrected chi connectivity index (χ3v) is 5.44. The van der Waals surface area contributed by atoms with Gasteiger partial charge in [-0.2, -0.15) is 0 Å². The van der Waals surface area contributed by atoms with Crippen molar-refractivity contribution in [3.8, 4) is 0 Å². The molecule has 0 saturated carbocycles. The predicted octanol–water partition coefficient (Wildman–Crippen LogP) is 4.25. The Morgan fingerprint density at radius 1 is 1.22 bits per heavy atom. The van der Waals surface area contributed by atoms with Crippen molar-refractivity contribution < 1.29 is 9.53 Å². The predicted molar refractivity (Wildman–Crippen MR) is 133 cm³/mol. The summed E-state index contributed by atoms with van der Waals surface area (Å²) in [6, 6.07) is 8.48. The van der Waals surface area contributed by atoms with E-state index >= 15 is 0 Å². The second-order valence-electron chi connectivity index (χ2n) is 9.82. The lowest BCUT2D eigenvalue weighted by atomic mass is 9.97. The lowest BCUT2D eigenvalue weighted by Crippen LogP contribution is -2.42. The molecule has 0 aliphatic carbocycles. The molecule has 1 atom stereocenters. The first-order valence-electron chi connectivity index (χ1n) is 12.0. The van der Waals surface area contributed by atoms with E-state index in [9.17, 15) is 4.79 Å². The number of hydrogen-bond donors (Lipinski definition) is 3. The van der Waals surface area contributed by atoms with E-state index in [1.165, 1.54) is 24.9 Å². The molecule has 1 fully saturated rings. The maximum atomic E-state index is 11.9. The highest BCUT2D eigenvalue weighted by atomic mass is 16.6. The Bertz CT molecular complexity index is 725. The molecule has 0 aromatic heterocycles. The van der Waals surface area contributed by atoms with Gasteiger partial charge in [0.1, 0.15) is 5.60 Å². The molecule has 32 heavy (non-hydrogen) atoms. The number of guanidine groups is 1. The van der Waals surface area contributed by atoms with Crippen LogP contribution in [0, 0.1) is 5.92 Å². The summed E-state index contributed by atoms with van der Waals surface area (Å²) in [5, 5.41) is 9.57. The maximum absolute atomic E-state index is 11.9. The summed E-state index contributed by atoms with van der Waals surface area (Å²) in [5.74, 6) is 1.52. The van der Waals surface area contributed by atoms with Crippen molar-refractivity contribution in [2.75, 3.05) is 38.0 Å². The maximum Gasteiger partial charge on any atom is 0.412 e. The third kappa shape index (κ3) is 9.90. The molecule has 180 valence electrons. The lowest BCUT2D eigenvalue weighted by molar-refractivity contribution is 0.0636. The number of amides is 1. The molecule has 1 saturated heterocycles. The molecule has 1 aromatic carbocycles. The van der Waals surface area contributed by atoms with Crippen molar-refractivity contribution in [2.24, 2.45) is 10.9 Å². The molecule has 1 aliphatic rings. The molecule has 2 rings (SSSR count). The van der Waals surface area contributed by atoms with Gasteiger partial charge in [0.2, 0.25) is 0 Å². The van der Waals surface area contributed by atoms with Crippen LogP contribution in [0.15, 0.2) is 29.3 Å². The molecule has 0 bridgehead atoms. The Balaban J connectivity index is 1.79. The number of nitrogens with zero attached hydrogens (tertiary/aromatic N) is 2. The Labute approximate surface area is 194 Å². The van der Waals surface area contributed by atoms with E-state index in [0.29, 0.717) is 12.0 Å². The molecule has 1 aliphatic heterocycles. The summed E-state index contributed by atoms with van der Waals surface area (Å²) in [4.78, 5) is 19.3. The second-order valence-corrected chi connectivity index (χ2v) is 9.82. The number of anilines is 1. The minimum absolute atomic E-state index is 0.437. The van der Waals surface area contributed by atoms with Gasteiger partial charge in [0.15, 0.2) is 5.96 Å². The summed E-state index contributed by atoms with van der Waals surface area (Å²) in [6.45, 7) is 17.1. The molecule has 0 spiro atoms. The van der Waals surface area contributed by atoms with Crippen molar-refractivity contribution in [1.82, 2.24) is 15.5 Å². The number of nitrogens with one attached hydrogen (secondary N) is 3. The quantitative estimate of drug-likeness (QED) is 0.412. The van der Waals surface area contributed by atoms with Gasteiger partial charge in [-0.1, -0.05) is 12.1 Å². The SMILES string of the molecule is CCNC(=NCC1CCCN(C(C)C)C1)NCCc1ccc(NC(=O)OC(C)(C)C)cc1. The molecule has 7 nitrogen and oxygen atoms in total. The fourth-order valence-electron chi connectivity index (χ4n) is 3.78. The average molecular weight is 446 g/mol. The van der Waals surface area contributed by atoms with Gasteiger partial charge in [0.25, 0.3) is 0 Å². The average Bonchev–Trinajstić information content (AvgIpc) is 2.72. The molecule has 1 heterocycles. The second kappa shape index (κ2) is 12.7. The molecule has 1 aromatic rings. The number of likely N-dealkylation sites (tertiary alicyclic amines) is 1. The van der Waals surface area contributed by atoms with Crippen LogP contribution >= 0.6 is 0 Å². The lowest BCUT2D eigenvalue weighted by Gasteiger charge is -2.34. The minimum atomic E-state index is -0.508. The van der Waals surface area contributed by atoms with Crippen LogP contribution in [0.1, 0.15) is 59.9 Å². The highest BCUT2D eigenvalue weighted by Crippen LogP contribution is 2.18. The van der Waals surface area contributed by atoms with Gasteiger partial charge in [-0.25, -0.2) is 4.79 Å². The highest BCUT2D eigenvalue weighted by molar-refractivity contribution is 5.84. The minimum Gasteiger partial charge on any atom is -0.444 e.